The number of urea groups is 1. The lowest BCUT2D eigenvalue weighted by Crippen LogP contribution is -2.52. The van der Waals surface area contributed by atoms with Gasteiger partial charge in [0, 0.05) is 36.9 Å². The fourth-order valence-electron chi connectivity index (χ4n) is 4.77. The molecule has 5 amide bonds. The van der Waals surface area contributed by atoms with Crippen molar-refractivity contribution in [1.82, 2.24) is 20.4 Å². The third kappa shape index (κ3) is 5.08. The molecule has 0 aromatic heterocycles. The van der Waals surface area contributed by atoms with Gasteiger partial charge in [0.05, 0.1) is 6.54 Å². The molecule has 2 N–H and O–H groups in total. The molecule has 0 bridgehead atoms. The maximum absolute atomic E-state index is 12.9. The number of hydrogen-bond donors (Lipinski definition) is 2. The van der Waals surface area contributed by atoms with Crippen LogP contribution >= 0.6 is 11.6 Å². The summed E-state index contributed by atoms with van der Waals surface area (Å²) in [4.78, 5) is 55.0. The van der Waals surface area contributed by atoms with Crippen LogP contribution in [0.15, 0.2) is 24.3 Å². The van der Waals surface area contributed by atoms with Crippen LogP contribution in [0.1, 0.15) is 32.6 Å². The standard InChI is InChI=1S/C23H30ClN5O4/c1-16-6-8-23(9-7-16)21(32)29(22(33)26-23)15-19(30)25-14-20(31)28-12-10-27(11-13-28)18-4-2-17(24)3-5-18/h2-5,16H,6-15H2,1H3,(H,25,30)(H,26,33). The van der Waals surface area contributed by atoms with Crippen molar-refractivity contribution in [1.29, 1.82) is 0 Å². The minimum Gasteiger partial charge on any atom is -0.368 e. The first-order chi connectivity index (χ1) is 15.8. The molecule has 1 saturated carbocycles. The summed E-state index contributed by atoms with van der Waals surface area (Å²) in [5.74, 6) is -0.516. The first kappa shape index (κ1) is 23.4. The number of carbonyl (C=O) groups is 4. The molecule has 0 unspecified atom stereocenters. The summed E-state index contributed by atoms with van der Waals surface area (Å²) in [7, 11) is 0. The molecule has 0 atom stereocenters. The number of nitrogens with one attached hydrogen (secondary N) is 2. The van der Waals surface area contributed by atoms with Crippen molar-refractivity contribution in [2.45, 2.75) is 38.1 Å². The van der Waals surface area contributed by atoms with Gasteiger partial charge in [-0.1, -0.05) is 18.5 Å². The predicted octanol–water partition coefficient (Wildman–Crippen LogP) is 1.61. The molecule has 0 radical (unpaired) electrons. The number of carbonyl (C=O) groups excluding carboxylic acids is 4. The Kier molecular flexibility index (Phi) is 6.78. The van der Waals surface area contributed by atoms with E-state index >= 15 is 0 Å². The quantitative estimate of drug-likeness (QED) is 0.630. The van der Waals surface area contributed by atoms with Crippen LogP contribution < -0.4 is 15.5 Å². The zero-order chi connectivity index (χ0) is 23.6. The average Bonchev–Trinajstić information content (AvgIpc) is 3.04. The molecule has 2 heterocycles. The van der Waals surface area contributed by atoms with Gasteiger partial charge in [-0.25, -0.2) is 4.79 Å². The van der Waals surface area contributed by atoms with Crippen LogP contribution in [0.4, 0.5) is 10.5 Å². The topological polar surface area (TPSA) is 102 Å². The normalized spacial score (nSPS) is 25.4. The number of benzene rings is 1. The summed E-state index contributed by atoms with van der Waals surface area (Å²) in [6.45, 7) is 4.06. The van der Waals surface area contributed by atoms with Gasteiger partial charge in [0.2, 0.25) is 11.8 Å². The minimum atomic E-state index is -0.872. The highest BCUT2D eigenvalue weighted by molar-refractivity contribution is 6.30. The van der Waals surface area contributed by atoms with Crippen LogP contribution in [-0.4, -0.2) is 78.4 Å². The minimum absolute atomic E-state index is 0.161. The van der Waals surface area contributed by atoms with E-state index in [-0.39, 0.29) is 24.9 Å². The Labute approximate surface area is 198 Å². The van der Waals surface area contributed by atoms with Gasteiger partial charge in [0.15, 0.2) is 0 Å². The molecule has 1 aliphatic carbocycles. The molecule has 4 rings (SSSR count). The Morgan fingerprint density at radius 3 is 2.36 bits per heavy atom. The smallest absolute Gasteiger partial charge is 0.325 e. The maximum atomic E-state index is 12.9. The number of imide groups is 1. The molecule has 2 aliphatic heterocycles. The fraction of sp³-hybridized carbons (Fsp3) is 0.565. The lowest BCUT2D eigenvalue weighted by molar-refractivity contribution is -0.136. The summed E-state index contributed by atoms with van der Waals surface area (Å²) in [6.07, 6.45) is 2.92. The van der Waals surface area contributed by atoms with Crippen LogP contribution in [0.2, 0.25) is 5.02 Å². The highest BCUT2D eigenvalue weighted by atomic mass is 35.5. The van der Waals surface area contributed by atoms with E-state index in [0.29, 0.717) is 50.0 Å². The largest absolute Gasteiger partial charge is 0.368 e. The van der Waals surface area contributed by atoms with Gasteiger partial charge in [0.1, 0.15) is 12.1 Å². The Morgan fingerprint density at radius 1 is 1.09 bits per heavy atom. The van der Waals surface area contributed by atoms with Gasteiger partial charge >= 0.3 is 6.03 Å². The van der Waals surface area contributed by atoms with E-state index in [4.69, 9.17) is 11.6 Å². The molecule has 10 heteroatoms. The van der Waals surface area contributed by atoms with Gasteiger partial charge in [-0.15, -0.1) is 0 Å². The molecular formula is C23H30ClN5O4. The van der Waals surface area contributed by atoms with Crippen molar-refractivity contribution in [3.63, 3.8) is 0 Å². The summed E-state index contributed by atoms with van der Waals surface area (Å²) >= 11 is 5.94. The summed E-state index contributed by atoms with van der Waals surface area (Å²) in [5, 5.41) is 6.05. The molecular weight excluding hydrogens is 446 g/mol. The first-order valence-corrected chi connectivity index (χ1v) is 11.8. The van der Waals surface area contributed by atoms with E-state index in [1.165, 1.54) is 0 Å². The van der Waals surface area contributed by atoms with Crippen LogP contribution in [-0.2, 0) is 14.4 Å². The summed E-state index contributed by atoms with van der Waals surface area (Å²) in [6, 6.07) is 7.05. The van der Waals surface area contributed by atoms with Crippen molar-refractivity contribution in [2.24, 2.45) is 5.92 Å². The molecule has 9 nitrogen and oxygen atoms in total. The van der Waals surface area contributed by atoms with E-state index in [9.17, 15) is 19.2 Å². The molecule has 33 heavy (non-hydrogen) atoms. The van der Waals surface area contributed by atoms with Crippen molar-refractivity contribution in [3.05, 3.63) is 29.3 Å². The number of nitrogens with zero attached hydrogens (tertiary/aromatic N) is 3. The van der Waals surface area contributed by atoms with E-state index < -0.39 is 17.5 Å². The van der Waals surface area contributed by atoms with Gasteiger partial charge in [0.25, 0.3) is 5.91 Å². The second-order valence-corrected chi connectivity index (χ2v) is 9.64. The molecule has 1 spiro atoms. The molecule has 178 valence electrons. The van der Waals surface area contributed by atoms with Crippen molar-refractivity contribution in [2.75, 3.05) is 44.2 Å². The summed E-state index contributed by atoms with van der Waals surface area (Å²) in [5.41, 5.74) is 0.183. The average molecular weight is 476 g/mol. The molecule has 2 saturated heterocycles. The number of hydrogen-bond acceptors (Lipinski definition) is 5. The Balaban J connectivity index is 1.22. The SMILES string of the molecule is CC1CCC2(CC1)NC(=O)N(CC(=O)NCC(=O)N1CCN(c3ccc(Cl)cc3)CC1)C2=O. The zero-order valence-electron chi connectivity index (χ0n) is 18.8. The first-order valence-electron chi connectivity index (χ1n) is 11.5. The second kappa shape index (κ2) is 9.59. The molecule has 1 aromatic carbocycles. The second-order valence-electron chi connectivity index (χ2n) is 9.21. The summed E-state index contributed by atoms with van der Waals surface area (Å²) < 4.78 is 0. The van der Waals surface area contributed by atoms with Gasteiger partial charge in [-0.3, -0.25) is 19.3 Å². The predicted molar refractivity (Wildman–Crippen MR) is 124 cm³/mol. The fourth-order valence-corrected chi connectivity index (χ4v) is 4.89. The van der Waals surface area contributed by atoms with Gasteiger partial charge < -0.3 is 20.4 Å². The van der Waals surface area contributed by atoms with E-state index in [0.717, 1.165) is 23.4 Å². The van der Waals surface area contributed by atoms with E-state index in [2.05, 4.69) is 22.5 Å². The van der Waals surface area contributed by atoms with Crippen molar-refractivity contribution in [3.8, 4) is 0 Å². The van der Waals surface area contributed by atoms with Crippen LogP contribution in [0.25, 0.3) is 0 Å². The Hall–Kier alpha value is -2.81. The Morgan fingerprint density at radius 2 is 1.73 bits per heavy atom. The molecule has 1 aromatic rings. The highest BCUT2D eigenvalue weighted by Crippen LogP contribution is 2.36. The van der Waals surface area contributed by atoms with Crippen molar-refractivity contribution < 1.29 is 19.2 Å². The maximum Gasteiger partial charge on any atom is 0.325 e. The van der Waals surface area contributed by atoms with Crippen LogP contribution in [0.5, 0.6) is 0 Å². The Bertz CT molecular complexity index is 921. The third-order valence-electron chi connectivity index (χ3n) is 6.94. The van der Waals surface area contributed by atoms with Crippen LogP contribution in [0, 0.1) is 5.92 Å². The molecule has 3 aliphatic rings. The number of rotatable bonds is 5. The van der Waals surface area contributed by atoms with E-state index in [1.807, 2.05) is 24.3 Å². The third-order valence-corrected chi connectivity index (χ3v) is 7.19. The monoisotopic (exact) mass is 475 g/mol. The number of amides is 5. The highest BCUT2D eigenvalue weighted by Gasteiger charge is 2.52. The number of piperazine rings is 1. The van der Waals surface area contributed by atoms with Crippen LogP contribution in [0.3, 0.4) is 0 Å². The lowest BCUT2D eigenvalue weighted by atomic mass is 9.77. The van der Waals surface area contributed by atoms with Gasteiger partial charge in [-0.2, -0.15) is 0 Å². The number of halogens is 1. The van der Waals surface area contributed by atoms with E-state index in [1.54, 1.807) is 4.90 Å². The van der Waals surface area contributed by atoms with Gasteiger partial charge in [-0.05, 0) is 55.9 Å². The molecule has 3 fully saturated rings. The lowest BCUT2D eigenvalue weighted by Gasteiger charge is -2.36. The van der Waals surface area contributed by atoms with Crippen molar-refractivity contribution >= 4 is 41.0 Å². The zero-order valence-corrected chi connectivity index (χ0v) is 19.6. The number of anilines is 1.